The zero-order valence-electron chi connectivity index (χ0n) is 7.67. The Balaban J connectivity index is 2.58. The third kappa shape index (κ3) is 1.30. The molecule has 0 amide bonds. The van der Waals surface area contributed by atoms with Crippen molar-refractivity contribution < 1.29 is 5.11 Å². The molecule has 1 saturated carbocycles. The summed E-state index contributed by atoms with van der Waals surface area (Å²) >= 11 is 0. The van der Waals surface area contributed by atoms with E-state index in [-0.39, 0.29) is 11.5 Å². The van der Waals surface area contributed by atoms with Crippen LogP contribution in [0.5, 0.6) is 0 Å². The van der Waals surface area contributed by atoms with Crippen LogP contribution >= 0.6 is 0 Å². The summed E-state index contributed by atoms with van der Waals surface area (Å²) in [7, 11) is 0. The van der Waals surface area contributed by atoms with Crippen LogP contribution in [0.1, 0.15) is 27.2 Å². The molecule has 1 aliphatic carbocycles. The molecule has 0 heterocycles. The molecule has 0 saturated heterocycles. The molecule has 0 radical (unpaired) electrons. The molecule has 3 atom stereocenters. The first-order valence-corrected chi connectivity index (χ1v) is 4.42. The van der Waals surface area contributed by atoms with Crippen LogP contribution in [-0.2, 0) is 0 Å². The van der Waals surface area contributed by atoms with E-state index in [4.69, 9.17) is 5.73 Å². The highest BCUT2D eigenvalue weighted by Crippen LogP contribution is 2.55. The molecule has 1 fully saturated rings. The van der Waals surface area contributed by atoms with Crippen molar-refractivity contribution >= 4 is 0 Å². The van der Waals surface area contributed by atoms with Crippen molar-refractivity contribution in [3.63, 3.8) is 0 Å². The molecule has 0 unspecified atom stereocenters. The van der Waals surface area contributed by atoms with Crippen molar-refractivity contribution in [3.05, 3.63) is 0 Å². The first kappa shape index (κ1) is 9.01. The van der Waals surface area contributed by atoms with Gasteiger partial charge in [0.15, 0.2) is 0 Å². The number of hydrogen-bond donors (Lipinski definition) is 2. The van der Waals surface area contributed by atoms with Crippen molar-refractivity contribution in [1.29, 1.82) is 0 Å². The third-order valence-electron chi connectivity index (χ3n) is 3.11. The zero-order valence-corrected chi connectivity index (χ0v) is 7.67. The molecule has 0 spiro atoms. The fourth-order valence-electron chi connectivity index (χ4n) is 1.99. The van der Waals surface area contributed by atoms with Gasteiger partial charge in [-0.1, -0.05) is 20.8 Å². The third-order valence-corrected chi connectivity index (χ3v) is 3.11. The molecule has 0 aromatic carbocycles. The number of aliphatic hydroxyl groups is 1. The highest BCUT2D eigenvalue weighted by molar-refractivity contribution is 5.05. The summed E-state index contributed by atoms with van der Waals surface area (Å²) in [6.07, 6.45) is 0.894. The number of nitrogens with two attached hydrogens (primary N) is 1. The molecule has 0 aliphatic heterocycles. The van der Waals surface area contributed by atoms with Crippen molar-refractivity contribution in [2.75, 3.05) is 6.54 Å². The van der Waals surface area contributed by atoms with Crippen LogP contribution in [-0.4, -0.2) is 17.8 Å². The lowest BCUT2D eigenvalue weighted by atomic mass is 9.88. The van der Waals surface area contributed by atoms with E-state index in [1.165, 1.54) is 0 Å². The average molecular weight is 157 g/mol. The fraction of sp³-hybridized carbons (Fsp3) is 1.00. The lowest BCUT2D eigenvalue weighted by Crippen LogP contribution is -2.35. The van der Waals surface area contributed by atoms with Gasteiger partial charge >= 0.3 is 0 Å². The summed E-state index contributed by atoms with van der Waals surface area (Å²) in [6, 6.07) is 0. The molecule has 0 aromatic heterocycles. The summed E-state index contributed by atoms with van der Waals surface area (Å²) in [4.78, 5) is 0. The van der Waals surface area contributed by atoms with Gasteiger partial charge in [-0.15, -0.1) is 0 Å². The summed E-state index contributed by atoms with van der Waals surface area (Å²) < 4.78 is 0. The fourth-order valence-corrected chi connectivity index (χ4v) is 1.99. The Morgan fingerprint density at radius 3 is 2.18 bits per heavy atom. The Kier molecular flexibility index (Phi) is 2.26. The normalized spacial score (nSPS) is 39.3. The lowest BCUT2D eigenvalue weighted by Gasteiger charge is -2.24. The van der Waals surface area contributed by atoms with Gasteiger partial charge in [-0.05, 0) is 18.3 Å². The monoisotopic (exact) mass is 157 g/mol. The van der Waals surface area contributed by atoms with E-state index >= 15 is 0 Å². The molecule has 3 N–H and O–H groups in total. The quantitative estimate of drug-likeness (QED) is 0.641. The number of hydrogen-bond acceptors (Lipinski definition) is 2. The molecule has 2 heteroatoms. The molecule has 1 aliphatic rings. The second kappa shape index (κ2) is 2.76. The van der Waals surface area contributed by atoms with E-state index in [1.807, 2.05) is 13.8 Å². The Hall–Kier alpha value is -0.0800. The predicted molar refractivity (Wildman–Crippen MR) is 46.1 cm³/mol. The molecule has 66 valence electrons. The Bertz CT molecular complexity index is 142. The minimum Gasteiger partial charge on any atom is -0.392 e. The summed E-state index contributed by atoms with van der Waals surface area (Å²) in [5.41, 5.74) is 5.70. The van der Waals surface area contributed by atoms with Crippen LogP contribution < -0.4 is 5.73 Å². The Morgan fingerprint density at radius 1 is 1.64 bits per heavy atom. The van der Waals surface area contributed by atoms with Gasteiger partial charge in [-0.25, -0.2) is 0 Å². The summed E-state index contributed by atoms with van der Waals surface area (Å²) in [6.45, 7) is 6.90. The molecule has 2 nitrogen and oxygen atoms in total. The second-order valence-corrected chi connectivity index (χ2v) is 4.23. The lowest BCUT2D eigenvalue weighted by molar-refractivity contribution is 0.0474. The van der Waals surface area contributed by atoms with Crippen LogP contribution in [0.3, 0.4) is 0 Å². The number of rotatable bonds is 3. The van der Waals surface area contributed by atoms with E-state index in [9.17, 15) is 5.11 Å². The minimum atomic E-state index is -0.206. The van der Waals surface area contributed by atoms with Gasteiger partial charge in [0, 0.05) is 12.0 Å². The summed E-state index contributed by atoms with van der Waals surface area (Å²) in [5.74, 6) is 0.952. The largest absolute Gasteiger partial charge is 0.392 e. The van der Waals surface area contributed by atoms with Gasteiger partial charge in [0.1, 0.15) is 0 Å². The Labute approximate surface area is 68.8 Å². The highest BCUT2D eigenvalue weighted by Gasteiger charge is 2.55. The van der Waals surface area contributed by atoms with Gasteiger partial charge in [0.2, 0.25) is 0 Å². The van der Waals surface area contributed by atoms with Crippen molar-refractivity contribution in [2.45, 2.75) is 33.3 Å². The summed E-state index contributed by atoms with van der Waals surface area (Å²) in [5, 5.41) is 9.81. The predicted octanol–water partition coefficient (Wildman–Crippen LogP) is 0.988. The average Bonchev–Trinajstić information content (AvgIpc) is 2.61. The van der Waals surface area contributed by atoms with Gasteiger partial charge in [0.25, 0.3) is 0 Å². The van der Waals surface area contributed by atoms with E-state index in [0.29, 0.717) is 18.4 Å². The molecule has 0 bridgehead atoms. The topological polar surface area (TPSA) is 46.2 Å². The van der Waals surface area contributed by atoms with Crippen molar-refractivity contribution in [1.82, 2.24) is 0 Å². The van der Waals surface area contributed by atoms with E-state index in [2.05, 4.69) is 6.92 Å². The van der Waals surface area contributed by atoms with Crippen LogP contribution in [0.2, 0.25) is 0 Å². The van der Waals surface area contributed by atoms with E-state index < -0.39 is 0 Å². The molecule has 0 aromatic rings. The van der Waals surface area contributed by atoms with Crippen LogP contribution in [0.25, 0.3) is 0 Å². The maximum Gasteiger partial charge on any atom is 0.0634 e. The van der Waals surface area contributed by atoms with Gasteiger partial charge < -0.3 is 10.8 Å². The maximum absolute atomic E-state index is 9.81. The first-order chi connectivity index (χ1) is 5.04. The first-order valence-electron chi connectivity index (χ1n) is 4.42. The standard InChI is InChI=1S/C9H19NO/c1-6(2)8(11)9(5-10)4-7(9)3/h6-8,11H,4-5,10H2,1-3H3/t7-,8-,9+/m0/s1. The van der Waals surface area contributed by atoms with E-state index in [1.54, 1.807) is 0 Å². The van der Waals surface area contributed by atoms with Crippen LogP contribution in [0.4, 0.5) is 0 Å². The van der Waals surface area contributed by atoms with Gasteiger partial charge in [-0.3, -0.25) is 0 Å². The Morgan fingerprint density at radius 2 is 2.09 bits per heavy atom. The van der Waals surface area contributed by atoms with Gasteiger partial charge in [-0.2, -0.15) is 0 Å². The van der Waals surface area contributed by atoms with Gasteiger partial charge in [0.05, 0.1) is 6.10 Å². The van der Waals surface area contributed by atoms with Crippen LogP contribution in [0, 0.1) is 17.3 Å². The minimum absolute atomic E-state index is 0.0637. The molecular formula is C9H19NO. The zero-order chi connectivity index (χ0) is 8.65. The molecule has 11 heavy (non-hydrogen) atoms. The molecular weight excluding hydrogens is 138 g/mol. The second-order valence-electron chi connectivity index (χ2n) is 4.23. The van der Waals surface area contributed by atoms with Crippen molar-refractivity contribution in [2.24, 2.45) is 23.0 Å². The molecule has 1 rings (SSSR count). The van der Waals surface area contributed by atoms with Crippen molar-refractivity contribution in [3.8, 4) is 0 Å². The highest BCUT2D eigenvalue weighted by atomic mass is 16.3. The van der Waals surface area contributed by atoms with Crippen LogP contribution in [0.15, 0.2) is 0 Å². The smallest absolute Gasteiger partial charge is 0.0634 e. The maximum atomic E-state index is 9.81. The van der Waals surface area contributed by atoms with E-state index in [0.717, 1.165) is 6.42 Å². The number of aliphatic hydroxyl groups excluding tert-OH is 1. The SMILES string of the molecule is CC(C)[C@H](O)[C@@]1(CN)C[C@@H]1C.